The van der Waals surface area contributed by atoms with Crippen LogP contribution >= 0.6 is 0 Å². The number of sulfonamides is 1. The largest absolute Gasteiger partial charge is 0.379 e. The van der Waals surface area contributed by atoms with Gasteiger partial charge in [0, 0.05) is 38.7 Å². The second-order valence-electron chi connectivity index (χ2n) is 7.89. The molecule has 2 aliphatic rings. The molecule has 0 radical (unpaired) electrons. The lowest BCUT2D eigenvalue weighted by Crippen LogP contribution is -2.47. The summed E-state index contributed by atoms with van der Waals surface area (Å²) in [6, 6.07) is 4.08. The Balaban J connectivity index is 1.83. The van der Waals surface area contributed by atoms with Crippen LogP contribution in [0, 0.1) is 5.92 Å². The molecule has 1 fully saturated rings. The molecule has 8 nitrogen and oxygen atoms in total. The third kappa shape index (κ3) is 4.62. The van der Waals surface area contributed by atoms with Gasteiger partial charge in [-0.25, -0.2) is 8.42 Å². The van der Waals surface area contributed by atoms with Crippen LogP contribution in [0.25, 0.3) is 0 Å². The number of hydrogen-bond donors (Lipinski definition) is 1. The Morgan fingerprint density at radius 3 is 2.55 bits per heavy atom. The summed E-state index contributed by atoms with van der Waals surface area (Å²) in [4.78, 5) is 26.6. The molecule has 0 saturated carbocycles. The van der Waals surface area contributed by atoms with E-state index in [0.29, 0.717) is 56.4 Å². The van der Waals surface area contributed by atoms with Crippen molar-refractivity contribution in [1.29, 1.82) is 0 Å². The molecule has 2 aliphatic heterocycles. The van der Waals surface area contributed by atoms with Crippen molar-refractivity contribution in [3.05, 3.63) is 23.8 Å². The number of ether oxygens (including phenoxy) is 1. The number of hydrogen-bond acceptors (Lipinski definition) is 5. The molecule has 2 amide bonds. The highest BCUT2D eigenvalue weighted by Crippen LogP contribution is 2.35. The lowest BCUT2D eigenvalue weighted by Gasteiger charge is -2.26. The number of nitrogens with zero attached hydrogens (tertiary/aromatic N) is 2. The molecule has 2 heterocycles. The molecule has 1 N–H and O–H groups in total. The minimum atomic E-state index is -3.63. The average molecular weight is 424 g/mol. The fraction of sp³-hybridized carbons (Fsp3) is 0.600. The van der Waals surface area contributed by atoms with E-state index in [9.17, 15) is 18.0 Å². The molecule has 1 aromatic carbocycles. The minimum Gasteiger partial charge on any atom is -0.379 e. The summed E-state index contributed by atoms with van der Waals surface area (Å²) in [6.45, 7) is 7.51. The fourth-order valence-electron chi connectivity index (χ4n) is 3.73. The van der Waals surface area contributed by atoms with E-state index in [1.54, 1.807) is 12.1 Å². The first-order chi connectivity index (χ1) is 13.7. The van der Waals surface area contributed by atoms with E-state index in [1.165, 1.54) is 22.2 Å². The highest BCUT2D eigenvalue weighted by Gasteiger charge is 2.38. The van der Waals surface area contributed by atoms with Crippen molar-refractivity contribution in [2.45, 2.75) is 44.6 Å². The molecule has 0 spiro atoms. The first-order valence-corrected chi connectivity index (χ1v) is 11.4. The molecule has 0 unspecified atom stereocenters. The number of morpholine rings is 1. The number of rotatable bonds is 6. The molecule has 0 aromatic heterocycles. The quantitative estimate of drug-likeness (QED) is 0.740. The van der Waals surface area contributed by atoms with Gasteiger partial charge < -0.3 is 10.1 Å². The summed E-state index contributed by atoms with van der Waals surface area (Å²) < 4.78 is 32.5. The second-order valence-corrected chi connectivity index (χ2v) is 9.83. The summed E-state index contributed by atoms with van der Waals surface area (Å²) in [5, 5.41) is 2.90. The molecule has 1 saturated heterocycles. The number of amides is 2. The van der Waals surface area contributed by atoms with E-state index in [-0.39, 0.29) is 16.7 Å². The molecular weight excluding hydrogens is 394 g/mol. The molecule has 29 heavy (non-hydrogen) atoms. The number of nitrogens with one attached hydrogen (secondary N) is 1. The Morgan fingerprint density at radius 1 is 1.24 bits per heavy atom. The standard InChI is InChI=1S/C20H29N3O5S/c1-14(2)6-7-21-20(25)19-13-16-12-17(4-5-18(16)23(19)15(3)24)29(26,27)22-8-10-28-11-9-22/h4-5,12,14,19H,6-11,13H2,1-3H3,(H,21,25)/t19-/m0/s1. The maximum atomic E-state index is 12.9. The van der Waals surface area contributed by atoms with Crippen LogP contribution in [-0.2, 0) is 30.8 Å². The van der Waals surface area contributed by atoms with Gasteiger partial charge in [-0.15, -0.1) is 0 Å². The summed E-state index contributed by atoms with van der Waals surface area (Å²) in [5.74, 6) is 0.0131. The molecule has 160 valence electrons. The van der Waals surface area contributed by atoms with Gasteiger partial charge >= 0.3 is 0 Å². The number of anilines is 1. The van der Waals surface area contributed by atoms with Crippen LogP contribution in [-0.4, -0.2) is 63.4 Å². The van der Waals surface area contributed by atoms with Gasteiger partial charge in [-0.05, 0) is 36.1 Å². The molecular formula is C20H29N3O5S. The molecule has 0 bridgehead atoms. The smallest absolute Gasteiger partial charge is 0.243 e. The van der Waals surface area contributed by atoms with Gasteiger partial charge in [-0.1, -0.05) is 13.8 Å². The predicted molar refractivity (Wildman–Crippen MR) is 109 cm³/mol. The Kier molecular flexibility index (Phi) is 6.60. The van der Waals surface area contributed by atoms with Crippen LogP contribution in [0.3, 0.4) is 0 Å². The van der Waals surface area contributed by atoms with E-state index in [1.807, 2.05) is 0 Å². The van der Waals surface area contributed by atoms with Gasteiger partial charge in [0.05, 0.1) is 18.1 Å². The lowest BCUT2D eigenvalue weighted by molar-refractivity contribution is -0.125. The highest BCUT2D eigenvalue weighted by molar-refractivity contribution is 7.89. The van der Waals surface area contributed by atoms with Crippen LogP contribution in [0.15, 0.2) is 23.1 Å². The summed E-state index contributed by atoms with van der Waals surface area (Å²) in [5.41, 5.74) is 1.29. The van der Waals surface area contributed by atoms with Gasteiger partial charge in [0.25, 0.3) is 0 Å². The molecule has 1 aromatic rings. The molecule has 3 rings (SSSR count). The number of carbonyl (C=O) groups is 2. The third-order valence-corrected chi connectivity index (χ3v) is 7.20. The Labute approximate surface area is 172 Å². The number of fused-ring (bicyclic) bond motifs is 1. The molecule has 0 aliphatic carbocycles. The van der Waals surface area contributed by atoms with E-state index in [4.69, 9.17) is 4.74 Å². The van der Waals surface area contributed by atoms with Crippen molar-refractivity contribution >= 4 is 27.5 Å². The summed E-state index contributed by atoms with van der Waals surface area (Å²) in [7, 11) is -3.63. The van der Waals surface area contributed by atoms with Crippen molar-refractivity contribution in [2.24, 2.45) is 5.92 Å². The van der Waals surface area contributed by atoms with Crippen LogP contribution in [0.1, 0.15) is 32.8 Å². The van der Waals surface area contributed by atoms with Crippen LogP contribution < -0.4 is 10.2 Å². The predicted octanol–water partition coefficient (Wildman–Crippen LogP) is 1.15. The average Bonchev–Trinajstić information content (AvgIpc) is 3.07. The SMILES string of the molecule is CC(=O)N1c2ccc(S(=O)(=O)N3CCOCC3)cc2C[C@H]1C(=O)NCCC(C)C. The summed E-state index contributed by atoms with van der Waals surface area (Å²) >= 11 is 0. The lowest BCUT2D eigenvalue weighted by atomic mass is 10.1. The third-order valence-electron chi connectivity index (χ3n) is 5.31. The van der Waals surface area contributed by atoms with E-state index in [2.05, 4.69) is 19.2 Å². The first-order valence-electron chi connectivity index (χ1n) is 10.00. The monoisotopic (exact) mass is 423 g/mol. The van der Waals surface area contributed by atoms with Crippen LogP contribution in [0.4, 0.5) is 5.69 Å². The Hall–Kier alpha value is -1.97. The molecule has 9 heteroatoms. The zero-order valence-electron chi connectivity index (χ0n) is 17.2. The Bertz CT molecular complexity index is 878. The summed E-state index contributed by atoms with van der Waals surface area (Å²) in [6.07, 6.45) is 1.16. The van der Waals surface area contributed by atoms with Gasteiger partial charge in [-0.3, -0.25) is 14.5 Å². The maximum Gasteiger partial charge on any atom is 0.243 e. The van der Waals surface area contributed by atoms with Crippen molar-refractivity contribution in [3.63, 3.8) is 0 Å². The normalized spacial score (nSPS) is 20.0. The van der Waals surface area contributed by atoms with E-state index >= 15 is 0 Å². The number of benzene rings is 1. The van der Waals surface area contributed by atoms with Gasteiger partial charge in [0.2, 0.25) is 21.8 Å². The second kappa shape index (κ2) is 8.81. The minimum absolute atomic E-state index is 0.183. The van der Waals surface area contributed by atoms with Crippen molar-refractivity contribution in [3.8, 4) is 0 Å². The van der Waals surface area contributed by atoms with Gasteiger partial charge in [0.15, 0.2) is 0 Å². The van der Waals surface area contributed by atoms with Crippen molar-refractivity contribution in [1.82, 2.24) is 9.62 Å². The van der Waals surface area contributed by atoms with Crippen molar-refractivity contribution in [2.75, 3.05) is 37.7 Å². The molecule has 1 atom stereocenters. The zero-order valence-corrected chi connectivity index (χ0v) is 18.0. The van der Waals surface area contributed by atoms with Crippen LogP contribution in [0.5, 0.6) is 0 Å². The highest BCUT2D eigenvalue weighted by atomic mass is 32.2. The van der Waals surface area contributed by atoms with Gasteiger partial charge in [-0.2, -0.15) is 4.31 Å². The van der Waals surface area contributed by atoms with E-state index < -0.39 is 16.1 Å². The zero-order chi connectivity index (χ0) is 21.2. The first kappa shape index (κ1) is 21.7. The van der Waals surface area contributed by atoms with Crippen LogP contribution in [0.2, 0.25) is 0 Å². The fourth-order valence-corrected chi connectivity index (χ4v) is 5.18. The maximum absolute atomic E-state index is 12.9. The van der Waals surface area contributed by atoms with Gasteiger partial charge in [0.1, 0.15) is 6.04 Å². The number of carbonyl (C=O) groups excluding carboxylic acids is 2. The van der Waals surface area contributed by atoms with E-state index in [0.717, 1.165) is 6.42 Å². The topological polar surface area (TPSA) is 96.0 Å². The Morgan fingerprint density at radius 2 is 1.93 bits per heavy atom. The van der Waals surface area contributed by atoms with Crippen molar-refractivity contribution < 1.29 is 22.7 Å².